The fourth-order valence-electron chi connectivity index (χ4n) is 2.61. The lowest BCUT2D eigenvalue weighted by molar-refractivity contribution is 0.469. The molecule has 0 spiro atoms. The first-order chi connectivity index (χ1) is 9.53. The fraction of sp³-hybridized carbons (Fsp3) is 0.600. The first-order valence-corrected chi connectivity index (χ1v) is 9.35. The third-order valence-corrected chi connectivity index (χ3v) is 6.18. The summed E-state index contributed by atoms with van der Waals surface area (Å²) in [5.41, 5.74) is 0.943. The van der Waals surface area contributed by atoms with Crippen molar-refractivity contribution in [2.24, 2.45) is 0 Å². The van der Waals surface area contributed by atoms with Gasteiger partial charge in [-0.25, -0.2) is 8.42 Å². The van der Waals surface area contributed by atoms with E-state index in [0.29, 0.717) is 11.3 Å². The van der Waals surface area contributed by atoms with E-state index in [9.17, 15) is 8.42 Å². The van der Waals surface area contributed by atoms with Crippen molar-refractivity contribution >= 4 is 27.1 Å². The largest absolute Gasteiger partial charge is 0.381 e. The summed E-state index contributed by atoms with van der Waals surface area (Å²) in [4.78, 5) is 0.399. The molecule has 1 fully saturated rings. The van der Waals surface area contributed by atoms with E-state index in [-0.39, 0.29) is 17.2 Å². The highest BCUT2D eigenvalue weighted by atomic mass is 35.5. The minimum absolute atomic E-state index is 0.159. The van der Waals surface area contributed by atoms with Crippen LogP contribution in [-0.4, -0.2) is 25.6 Å². The van der Waals surface area contributed by atoms with Crippen LogP contribution in [0.15, 0.2) is 29.2 Å². The van der Waals surface area contributed by atoms with Crippen LogP contribution in [-0.2, 0) is 9.84 Å². The van der Waals surface area contributed by atoms with Crippen LogP contribution in [0.25, 0.3) is 0 Å². The molecular formula is C15H22ClNO2S. The van der Waals surface area contributed by atoms with Gasteiger partial charge in [-0.3, -0.25) is 0 Å². The van der Waals surface area contributed by atoms with Crippen molar-refractivity contribution in [3.63, 3.8) is 0 Å². The topological polar surface area (TPSA) is 46.2 Å². The van der Waals surface area contributed by atoms with Crippen LogP contribution in [0.5, 0.6) is 0 Å². The van der Waals surface area contributed by atoms with E-state index in [1.165, 1.54) is 12.8 Å². The summed E-state index contributed by atoms with van der Waals surface area (Å²) < 4.78 is 23.9. The molecule has 1 aliphatic rings. The van der Waals surface area contributed by atoms with Crippen molar-refractivity contribution in [2.45, 2.75) is 55.3 Å². The Labute approximate surface area is 126 Å². The van der Waals surface area contributed by atoms with Crippen molar-refractivity contribution in [1.82, 2.24) is 0 Å². The highest BCUT2D eigenvalue weighted by molar-refractivity contribution is 7.91. The maximum absolute atomic E-state index is 11.9. The summed E-state index contributed by atoms with van der Waals surface area (Å²) in [5.74, 6) is 0.201. The molecule has 1 saturated carbocycles. The maximum Gasteiger partial charge on any atom is 0.178 e. The van der Waals surface area contributed by atoms with Gasteiger partial charge in [-0.05, 0) is 43.5 Å². The third kappa shape index (κ3) is 3.89. The maximum atomic E-state index is 11.9. The number of hydrogen-bond donors (Lipinski definition) is 1. The quantitative estimate of drug-likeness (QED) is 0.840. The number of alkyl halides is 1. The summed E-state index contributed by atoms with van der Waals surface area (Å²) >= 11 is 6.32. The van der Waals surface area contributed by atoms with Gasteiger partial charge >= 0.3 is 0 Å². The predicted octanol–water partition coefficient (Wildman–Crippen LogP) is 3.83. The van der Waals surface area contributed by atoms with Crippen LogP contribution in [0.3, 0.4) is 0 Å². The molecule has 0 bridgehead atoms. The second-order valence-electron chi connectivity index (χ2n) is 5.39. The highest BCUT2D eigenvalue weighted by Gasteiger charge is 2.23. The smallest absolute Gasteiger partial charge is 0.178 e. The van der Waals surface area contributed by atoms with Gasteiger partial charge in [0, 0.05) is 11.7 Å². The van der Waals surface area contributed by atoms with Gasteiger partial charge in [0.05, 0.1) is 16.0 Å². The van der Waals surface area contributed by atoms with Gasteiger partial charge in [0.1, 0.15) is 0 Å². The van der Waals surface area contributed by atoms with E-state index in [2.05, 4.69) is 5.32 Å². The molecule has 0 amide bonds. The number of nitrogens with one attached hydrogen (secondary N) is 1. The van der Waals surface area contributed by atoms with Crippen molar-refractivity contribution < 1.29 is 8.42 Å². The lowest BCUT2D eigenvalue weighted by Gasteiger charge is -2.28. The Bertz CT molecular complexity index is 527. The number of halogens is 1. The Kier molecular flexibility index (Phi) is 5.33. The minimum Gasteiger partial charge on any atom is -0.381 e. The molecule has 2 unspecified atom stereocenters. The van der Waals surface area contributed by atoms with Crippen LogP contribution >= 0.6 is 11.6 Å². The monoisotopic (exact) mass is 315 g/mol. The number of sulfone groups is 1. The molecule has 20 heavy (non-hydrogen) atoms. The Morgan fingerprint density at radius 3 is 2.45 bits per heavy atom. The average molecular weight is 316 g/mol. The SMILES string of the molecule is CCCS(=O)(=O)c1ccc(NC2CCCCC2Cl)cc1. The van der Waals surface area contributed by atoms with Gasteiger partial charge in [0.15, 0.2) is 9.84 Å². The van der Waals surface area contributed by atoms with Gasteiger partial charge in [-0.1, -0.05) is 19.8 Å². The molecule has 0 radical (unpaired) electrons. The Morgan fingerprint density at radius 1 is 1.20 bits per heavy atom. The summed E-state index contributed by atoms with van der Waals surface area (Å²) in [6.07, 6.45) is 5.15. The van der Waals surface area contributed by atoms with Crippen LogP contribution in [0, 0.1) is 0 Å². The van der Waals surface area contributed by atoms with Gasteiger partial charge in [-0.2, -0.15) is 0 Å². The van der Waals surface area contributed by atoms with Crippen LogP contribution in [0.2, 0.25) is 0 Å². The van der Waals surface area contributed by atoms with E-state index in [0.717, 1.165) is 18.5 Å². The zero-order chi connectivity index (χ0) is 14.6. The van der Waals surface area contributed by atoms with Gasteiger partial charge < -0.3 is 5.32 Å². The van der Waals surface area contributed by atoms with Gasteiger partial charge in [-0.15, -0.1) is 11.6 Å². The standard InChI is InChI=1S/C15H22ClNO2S/c1-2-11-20(18,19)13-9-7-12(8-10-13)17-15-6-4-3-5-14(15)16/h7-10,14-15,17H,2-6,11H2,1H3. The Morgan fingerprint density at radius 2 is 1.85 bits per heavy atom. The predicted molar refractivity (Wildman–Crippen MR) is 84.3 cm³/mol. The highest BCUT2D eigenvalue weighted by Crippen LogP contribution is 2.26. The van der Waals surface area contributed by atoms with Gasteiger partial charge in [0.25, 0.3) is 0 Å². The molecular weight excluding hydrogens is 294 g/mol. The lowest BCUT2D eigenvalue weighted by Crippen LogP contribution is -2.32. The summed E-state index contributed by atoms with van der Waals surface area (Å²) in [6.45, 7) is 1.87. The average Bonchev–Trinajstić information content (AvgIpc) is 2.42. The van der Waals surface area contributed by atoms with Crippen LogP contribution < -0.4 is 5.32 Å². The van der Waals surface area contributed by atoms with Crippen molar-refractivity contribution in [3.05, 3.63) is 24.3 Å². The molecule has 1 N–H and O–H groups in total. The molecule has 1 aromatic carbocycles. The second-order valence-corrected chi connectivity index (χ2v) is 8.06. The normalized spacial score (nSPS) is 23.5. The molecule has 0 aliphatic heterocycles. The van der Waals surface area contributed by atoms with Crippen molar-refractivity contribution in [3.8, 4) is 0 Å². The molecule has 1 aromatic rings. The summed E-state index contributed by atoms with van der Waals surface area (Å²) in [5, 5.41) is 3.57. The first kappa shape index (κ1) is 15.6. The Balaban J connectivity index is 2.05. The van der Waals surface area contributed by atoms with E-state index >= 15 is 0 Å². The van der Waals surface area contributed by atoms with Crippen molar-refractivity contribution in [1.29, 1.82) is 0 Å². The lowest BCUT2D eigenvalue weighted by atomic mass is 9.95. The van der Waals surface area contributed by atoms with Crippen molar-refractivity contribution in [2.75, 3.05) is 11.1 Å². The second kappa shape index (κ2) is 6.81. The van der Waals surface area contributed by atoms with Gasteiger partial charge in [0.2, 0.25) is 0 Å². The zero-order valence-electron chi connectivity index (χ0n) is 11.8. The number of anilines is 1. The molecule has 0 saturated heterocycles. The minimum atomic E-state index is -3.12. The Hall–Kier alpha value is -0.740. The molecule has 2 atom stereocenters. The van der Waals surface area contributed by atoms with Crippen LogP contribution in [0.1, 0.15) is 39.0 Å². The zero-order valence-corrected chi connectivity index (χ0v) is 13.4. The molecule has 0 heterocycles. The summed E-state index contributed by atoms with van der Waals surface area (Å²) in [7, 11) is -3.12. The summed E-state index contributed by atoms with van der Waals surface area (Å²) in [6, 6.07) is 7.31. The molecule has 2 rings (SSSR count). The fourth-order valence-corrected chi connectivity index (χ4v) is 4.27. The van der Waals surface area contributed by atoms with E-state index in [1.807, 2.05) is 19.1 Å². The number of benzene rings is 1. The molecule has 3 nitrogen and oxygen atoms in total. The molecule has 0 aromatic heterocycles. The first-order valence-electron chi connectivity index (χ1n) is 7.26. The third-order valence-electron chi connectivity index (χ3n) is 3.72. The molecule has 1 aliphatic carbocycles. The molecule has 5 heteroatoms. The molecule has 112 valence electrons. The van der Waals surface area contributed by atoms with E-state index < -0.39 is 9.84 Å². The van der Waals surface area contributed by atoms with E-state index in [4.69, 9.17) is 11.6 Å². The number of hydrogen-bond acceptors (Lipinski definition) is 3. The van der Waals surface area contributed by atoms with E-state index in [1.54, 1.807) is 12.1 Å². The van der Waals surface area contributed by atoms with Crippen LogP contribution in [0.4, 0.5) is 5.69 Å². The number of rotatable bonds is 5.